The zero-order chi connectivity index (χ0) is 17.9. The molecule has 2 aliphatic heterocycles. The summed E-state index contributed by atoms with van der Waals surface area (Å²) in [5.74, 6) is 0.744. The molecule has 0 unspecified atom stereocenters. The average Bonchev–Trinajstić information content (AvgIpc) is 3.03. The first-order valence-corrected chi connectivity index (χ1v) is 9.58. The summed E-state index contributed by atoms with van der Waals surface area (Å²) in [6, 6.07) is 13.1. The van der Waals surface area contributed by atoms with Crippen LogP contribution < -0.4 is 5.32 Å². The number of nitrogens with zero attached hydrogens (tertiary/aromatic N) is 4. The van der Waals surface area contributed by atoms with E-state index in [1.807, 2.05) is 33.8 Å². The van der Waals surface area contributed by atoms with Crippen molar-refractivity contribution in [3.05, 3.63) is 48.2 Å². The van der Waals surface area contributed by atoms with Crippen LogP contribution in [0.3, 0.4) is 0 Å². The van der Waals surface area contributed by atoms with Gasteiger partial charge in [0.15, 0.2) is 0 Å². The SMILES string of the molecule is C[C@H]1CCCCN1C1CN(C(=O)Nc2ccnn2Cc2ccccc2)C1. The van der Waals surface area contributed by atoms with Gasteiger partial charge in [0.25, 0.3) is 0 Å². The zero-order valence-corrected chi connectivity index (χ0v) is 15.3. The molecule has 4 rings (SSSR count). The van der Waals surface area contributed by atoms with E-state index < -0.39 is 0 Å². The molecule has 2 saturated heterocycles. The number of anilines is 1. The summed E-state index contributed by atoms with van der Waals surface area (Å²) >= 11 is 0. The van der Waals surface area contributed by atoms with E-state index in [9.17, 15) is 4.79 Å². The fraction of sp³-hybridized carbons (Fsp3) is 0.500. The zero-order valence-electron chi connectivity index (χ0n) is 15.3. The number of carbonyl (C=O) groups excluding carboxylic acids is 1. The van der Waals surface area contributed by atoms with Crippen LogP contribution in [0.2, 0.25) is 0 Å². The molecular formula is C20H27N5O. The molecule has 2 amide bonds. The van der Waals surface area contributed by atoms with Gasteiger partial charge in [-0.05, 0) is 31.9 Å². The van der Waals surface area contributed by atoms with Crippen LogP contribution in [0, 0.1) is 0 Å². The monoisotopic (exact) mass is 353 g/mol. The van der Waals surface area contributed by atoms with Crippen LogP contribution in [-0.4, -0.2) is 57.3 Å². The van der Waals surface area contributed by atoms with E-state index >= 15 is 0 Å². The number of likely N-dealkylation sites (tertiary alicyclic amines) is 2. The molecule has 1 atom stereocenters. The Morgan fingerprint density at radius 2 is 2.00 bits per heavy atom. The minimum atomic E-state index is -0.0271. The van der Waals surface area contributed by atoms with E-state index in [-0.39, 0.29) is 6.03 Å². The number of carbonyl (C=O) groups is 1. The normalized spacial score (nSPS) is 21.4. The first-order valence-electron chi connectivity index (χ1n) is 9.58. The van der Waals surface area contributed by atoms with Gasteiger partial charge in [-0.2, -0.15) is 5.10 Å². The van der Waals surface area contributed by atoms with E-state index in [2.05, 4.69) is 34.4 Å². The minimum Gasteiger partial charge on any atom is -0.321 e. The van der Waals surface area contributed by atoms with Crippen molar-refractivity contribution in [2.75, 3.05) is 25.0 Å². The van der Waals surface area contributed by atoms with Crippen LogP contribution in [-0.2, 0) is 6.54 Å². The first-order chi connectivity index (χ1) is 12.7. The van der Waals surface area contributed by atoms with Gasteiger partial charge < -0.3 is 4.90 Å². The largest absolute Gasteiger partial charge is 0.323 e. The molecule has 0 bridgehead atoms. The summed E-state index contributed by atoms with van der Waals surface area (Å²) in [5.41, 5.74) is 1.16. The molecule has 6 nitrogen and oxygen atoms in total. The highest BCUT2D eigenvalue weighted by Crippen LogP contribution is 2.25. The highest BCUT2D eigenvalue weighted by atomic mass is 16.2. The molecule has 3 heterocycles. The third-order valence-electron chi connectivity index (χ3n) is 5.60. The fourth-order valence-electron chi connectivity index (χ4n) is 4.00. The van der Waals surface area contributed by atoms with Crippen molar-refractivity contribution < 1.29 is 4.79 Å². The lowest BCUT2D eigenvalue weighted by atomic mass is 9.98. The molecule has 6 heteroatoms. The number of hydrogen-bond donors (Lipinski definition) is 1. The third kappa shape index (κ3) is 3.60. The summed E-state index contributed by atoms with van der Waals surface area (Å²) < 4.78 is 1.83. The maximum Gasteiger partial charge on any atom is 0.323 e. The summed E-state index contributed by atoms with van der Waals surface area (Å²) in [6.07, 6.45) is 5.62. The van der Waals surface area contributed by atoms with Crippen LogP contribution >= 0.6 is 0 Å². The molecule has 1 N–H and O–H groups in total. The van der Waals surface area contributed by atoms with Gasteiger partial charge in [0.1, 0.15) is 5.82 Å². The Bertz CT molecular complexity index is 738. The number of piperidine rings is 1. The van der Waals surface area contributed by atoms with E-state index in [4.69, 9.17) is 0 Å². The highest BCUT2D eigenvalue weighted by Gasteiger charge is 2.37. The van der Waals surface area contributed by atoms with E-state index in [0.29, 0.717) is 18.6 Å². The fourth-order valence-corrected chi connectivity index (χ4v) is 4.00. The summed E-state index contributed by atoms with van der Waals surface area (Å²) in [4.78, 5) is 17.0. The smallest absolute Gasteiger partial charge is 0.321 e. The number of benzene rings is 1. The van der Waals surface area contributed by atoms with Crippen LogP contribution in [0.1, 0.15) is 31.7 Å². The molecule has 1 aromatic carbocycles. The van der Waals surface area contributed by atoms with Gasteiger partial charge in [-0.25, -0.2) is 9.48 Å². The third-order valence-corrected chi connectivity index (χ3v) is 5.60. The number of urea groups is 1. The van der Waals surface area contributed by atoms with Crippen LogP contribution in [0.4, 0.5) is 10.6 Å². The summed E-state index contributed by atoms with van der Waals surface area (Å²) in [5, 5.41) is 7.36. The van der Waals surface area contributed by atoms with Crippen LogP contribution in [0.15, 0.2) is 42.6 Å². The second kappa shape index (κ2) is 7.50. The Hall–Kier alpha value is -2.34. The Labute approximate surface area is 154 Å². The van der Waals surface area contributed by atoms with Crippen molar-refractivity contribution in [2.45, 2.75) is 44.8 Å². The Balaban J connectivity index is 1.32. The number of rotatable bonds is 4. The van der Waals surface area contributed by atoms with E-state index in [0.717, 1.165) is 24.5 Å². The number of aromatic nitrogens is 2. The van der Waals surface area contributed by atoms with Crippen molar-refractivity contribution in [1.29, 1.82) is 0 Å². The van der Waals surface area contributed by atoms with Gasteiger partial charge in [0.05, 0.1) is 12.7 Å². The molecule has 1 aromatic heterocycles. The lowest BCUT2D eigenvalue weighted by Gasteiger charge is -2.49. The van der Waals surface area contributed by atoms with E-state index in [1.165, 1.54) is 25.8 Å². The van der Waals surface area contributed by atoms with Gasteiger partial charge >= 0.3 is 6.03 Å². The molecule has 0 spiro atoms. The summed E-state index contributed by atoms with van der Waals surface area (Å²) in [7, 11) is 0. The number of hydrogen-bond acceptors (Lipinski definition) is 3. The van der Waals surface area contributed by atoms with E-state index in [1.54, 1.807) is 6.20 Å². The molecule has 138 valence electrons. The molecule has 0 radical (unpaired) electrons. The molecule has 0 aliphatic carbocycles. The quantitative estimate of drug-likeness (QED) is 0.919. The highest BCUT2D eigenvalue weighted by molar-refractivity contribution is 5.89. The predicted molar refractivity (Wildman–Crippen MR) is 102 cm³/mol. The maximum absolute atomic E-state index is 12.6. The second-order valence-corrected chi connectivity index (χ2v) is 7.43. The lowest BCUT2D eigenvalue weighted by Crippen LogP contribution is -2.64. The van der Waals surface area contributed by atoms with Crippen molar-refractivity contribution in [2.24, 2.45) is 0 Å². The van der Waals surface area contributed by atoms with Gasteiger partial charge in [-0.15, -0.1) is 0 Å². The average molecular weight is 353 g/mol. The summed E-state index contributed by atoms with van der Waals surface area (Å²) in [6.45, 7) is 5.78. The van der Waals surface area contributed by atoms with Gasteiger partial charge in [-0.3, -0.25) is 10.2 Å². The maximum atomic E-state index is 12.6. The second-order valence-electron chi connectivity index (χ2n) is 7.43. The number of nitrogens with one attached hydrogen (secondary N) is 1. The van der Waals surface area contributed by atoms with Crippen molar-refractivity contribution in [1.82, 2.24) is 19.6 Å². The molecule has 26 heavy (non-hydrogen) atoms. The molecule has 2 fully saturated rings. The van der Waals surface area contributed by atoms with Crippen LogP contribution in [0.5, 0.6) is 0 Å². The molecule has 0 saturated carbocycles. The van der Waals surface area contributed by atoms with Crippen molar-refractivity contribution in [3.8, 4) is 0 Å². The molecule has 2 aliphatic rings. The van der Waals surface area contributed by atoms with Gasteiger partial charge in [0.2, 0.25) is 0 Å². The Morgan fingerprint density at radius 3 is 2.77 bits per heavy atom. The minimum absolute atomic E-state index is 0.0271. The van der Waals surface area contributed by atoms with Gasteiger partial charge in [-0.1, -0.05) is 36.8 Å². The predicted octanol–water partition coefficient (Wildman–Crippen LogP) is 3.02. The Kier molecular flexibility index (Phi) is 4.93. The number of amides is 2. The molecular weight excluding hydrogens is 326 g/mol. The van der Waals surface area contributed by atoms with Crippen LogP contribution in [0.25, 0.3) is 0 Å². The lowest BCUT2D eigenvalue weighted by molar-refractivity contribution is 0.0199. The van der Waals surface area contributed by atoms with Crippen molar-refractivity contribution >= 4 is 11.8 Å². The van der Waals surface area contributed by atoms with Gasteiger partial charge in [0, 0.05) is 31.2 Å². The molecule has 2 aromatic rings. The first kappa shape index (κ1) is 17.1. The van der Waals surface area contributed by atoms with Crippen molar-refractivity contribution in [3.63, 3.8) is 0 Å². The standard InChI is InChI=1S/C20H27N5O/c1-16-7-5-6-12-24(16)18-14-23(15-18)20(26)22-19-10-11-21-25(19)13-17-8-3-2-4-9-17/h2-4,8-11,16,18H,5-7,12-15H2,1H3,(H,22,26)/t16-/m0/s1. The topological polar surface area (TPSA) is 53.4 Å². The Morgan fingerprint density at radius 1 is 1.19 bits per heavy atom.